The second kappa shape index (κ2) is 48.1. The highest BCUT2D eigenvalue weighted by Crippen LogP contribution is 2.19. The number of allylic oxidation sites excluding steroid dienone is 2. The molecule has 58 heavy (non-hydrogen) atoms. The van der Waals surface area contributed by atoms with Gasteiger partial charge in [0.2, 0.25) is 0 Å². The highest BCUT2D eigenvalue weighted by atomic mass is 16.5. The van der Waals surface area contributed by atoms with E-state index in [1.807, 2.05) is 0 Å². The monoisotopic (exact) mass is 815 g/mol. The molecule has 0 saturated heterocycles. The van der Waals surface area contributed by atoms with Gasteiger partial charge in [-0.15, -0.1) is 0 Å². The number of ether oxygens (including phenoxy) is 2. The lowest BCUT2D eigenvalue weighted by atomic mass is 10.0. The summed E-state index contributed by atoms with van der Waals surface area (Å²) < 4.78 is 11.6. The lowest BCUT2D eigenvalue weighted by Crippen LogP contribution is -2.09. The second-order valence-electron chi connectivity index (χ2n) is 17.8. The van der Waals surface area contributed by atoms with Crippen LogP contribution in [0.2, 0.25) is 0 Å². The molecule has 4 nitrogen and oxygen atoms in total. The van der Waals surface area contributed by atoms with Crippen molar-refractivity contribution in [3.05, 3.63) is 23.3 Å². The molecule has 0 unspecified atom stereocenters. The van der Waals surface area contributed by atoms with Crippen molar-refractivity contribution in [2.24, 2.45) is 0 Å². The van der Waals surface area contributed by atoms with Crippen molar-refractivity contribution < 1.29 is 19.1 Å². The summed E-state index contributed by atoms with van der Waals surface area (Å²) in [6, 6.07) is 0. The first-order valence-electron chi connectivity index (χ1n) is 26.3. The molecule has 0 radical (unpaired) electrons. The molecule has 0 atom stereocenters. The van der Waals surface area contributed by atoms with Crippen molar-refractivity contribution in [3.8, 4) is 0 Å². The summed E-state index contributed by atoms with van der Waals surface area (Å²) in [7, 11) is 0. The Morgan fingerprint density at radius 1 is 0.293 bits per heavy atom. The highest BCUT2D eigenvalue weighted by molar-refractivity contribution is 5.88. The van der Waals surface area contributed by atoms with E-state index in [1.54, 1.807) is 0 Å². The maximum Gasteiger partial charge on any atom is 0.333 e. The molecule has 0 aromatic rings. The van der Waals surface area contributed by atoms with Gasteiger partial charge in [0, 0.05) is 11.1 Å². The van der Waals surface area contributed by atoms with Crippen LogP contribution in [0.1, 0.15) is 297 Å². The molecule has 0 saturated carbocycles. The second-order valence-corrected chi connectivity index (χ2v) is 17.8. The third-order valence-corrected chi connectivity index (χ3v) is 12.0. The molecule has 0 aliphatic heterocycles. The van der Waals surface area contributed by atoms with Gasteiger partial charge in [-0.3, -0.25) is 0 Å². The minimum atomic E-state index is -0.0576. The molecule has 0 aliphatic carbocycles. The molecule has 0 amide bonds. The summed E-state index contributed by atoms with van der Waals surface area (Å²) in [5.74, 6) is -0.115. The molecule has 0 aromatic heterocycles. The van der Waals surface area contributed by atoms with Crippen molar-refractivity contribution in [2.75, 3.05) is 13.2 Å². The van der Waals surface area contributed by atoms with Crippen molar-refractivity contribution in [2.45, 2.75) is 297 Å². The maximum absolute atomic E-state index is 13.1. The van der Waals surface area contributed by atoms with Gasteiger partial charge in [-0.05, 0) is 64.2 Å². The van der Waals surface area contributed by atoms with E-state index < -0.39 is 0 Å². The van der Waals surface area contributed by atoms with Crippen LogP contribution < -0.4 is 0 Å². The smallest absolute Gasteiger partial charge is 0.333 e. The molecular weight excluding hydrogens is 713 g/mol. The Hall–Kier alpha value is -1.58. The van der Waals surface area contributed by atoms with Gasteiger partial charge in [0.25, 0.3) is 0 Å². The first-order chi connectivity index (χ1) is 28.6. The fraction of sp³-hybridized carbons (Fsp3) is 0.889. The number of unbranched alkanes of at least 4 members (excludes halogenated alkanes) is 35. The number of hydrogen-bond acceptors (Lipinski definition) is 4. The Morgan fingerprint density at radius 2 is 0.517 bits per heavy atom. The molecule has 0 aromatic carbocycles. The van der Waals surface area contributed by atoms with Crippen molar-refractivity contribution >= 4 is 11.9 Å². The van der Waals surface area contributed by atoms with Crippen LogP contribution >= 0.6 is 0 Å². The van der Waals surface area contributed by atoms with Crippen LogP contribution in [0.25, 0.3) is 0 Å². The Bertz CT molecular complexity index is 846. The maximum atomic E-state index is 13.1. The van der Waals surface area contributed by atoms with Crippen LogP contribution in [0.5, 0.6) is 0 Å². The SMILES string of the molecule is CCCCCCCCCCOC(=O)/C(=C/CCCCCCCC/C=C(\CCCCCCCCCC)C(=O)OCCCCCCCCCC)CCCCCCCCCC. The number of rotatable bonds is 47. The molecular formula is C54H102O4. The van der Waals surface area contributed by atoms with Crippen LogP contribution in [0.15, 0.2) is 23.3 Å². The van der Waals surface area contributed by atoms with E-state index in [0.717, 1.165) is 75.4 Å². The van der Waals surface area contributed by atoms with Gasteiger partial charge in [0.05, 0.1) is 13.2 Å². The average molecular weight is 815 g/mol. The van der Waals surface area contributed by atoms with Gasteiger partial charge in [-0.25, -0.2) is 9.59 Å². The summed E-state index contributed by atoms with van der Waals surface area (Å²) >= 11 is 0. The Balaban J connectivity index is 4.62. The van der Waals surface area contributed by atoms with E-state index in [0.29, 0.717) is 13.2 Å². The van der Waals surface area contributed by atoms with E-state index in [4.69, 9.17) is 9.47 Å². The highest BCUT2D eigenvalue weighted by Gasteiger charge is 2.12. The Kier molecular flexibility index (Phi) is 46.8. The van der Waals surface area contributed by atoms with E-state index in [9.17, 15) is 9.59 Å². The molecule has 342 valence electrons. The third kappa shape index (κ3) is 41.2. The van der Waals surface area contributed by atoms with Gasteiger partial charge in [0.15, 0.2) is 0 Å². The number of carbonyl (C=O) groups is 2. The van der Waals surface area contributed by atoms with Crippen molar-refractivity contribution in [1.29, 1.82) is 0 Å². The number of carbonyl (C=O) groups excluding carboxylic acids is 2. The van der Waals surface area contributed by atoms with Crippen molar-refractivity contribution in [3.63, 3.8) is 0 Å². The molecule has 0 heterocycles. The lowest BCUT2D eigenvalue weighted by molar-refractivity contribution is -0.140. The van der Waals surface area contributed by atoms with Crippen LogP contribution in [0.4, 0.5) is 0 Å². The predicted octanol–water partition coefficient (Wildman–Crippen LogP) is 18.4. The zero-order valence-corrected chi connectivity index (χ0v) is 39.9. The quantitative estimate of drug-likeness (QED) is 0.0349. The van der Waals surface area contributed by atoms with Crippen LogP contribution in [0, 0.1) is 0 Å². The fourth-order valence-electron chi connectivity index (χ4n) is 8.01. The summed E-state index contributed by atoms with van der Waals surface area (Å²) in [6.07, 6.45) is 56.0. The Labute approximate surface area is 363 Å². The first-order valence-corrected chi connectivity index (χ1v) is 26.3. The summed E-state index contributed by atoms with van der Waals surface area (Å²) in [6.45, 7) is 10.2. The van der Waals surface area contributed by atoms with Crippen LogP contribution in [0.3, 0.4) is 0 Å². The van der Waals surface area contributed by atoms with Gasteiger partial charge >= 0.3 is 11.9 Å². The predicted molar refractivity (Wildman–Crippen MR) is 255 cm³/mol. The van der Waals surface area contributed by atoms with E-state index >= 15 is 0 Å². The lowest BCUT2D eigenvalue weighted by Gasteiger charge is -2.10. The average Bonchev–Trinajstić information content (AvgIpc) is 3.23. The minimum absolute atomic E-state index is 0.0576. The summed E-state index contributed by atoms with van der Waals surface area (Å²) in [5.41, 5.74) is 1.85. The largest absolute Gasteiger partial charge is 0.462 e. The van der Waals surface area contributed by atoms with E-state index in [1.165, 1.54) is 205 Å². The zero-order valence-electron chi connectivity index (χ0n) is 39.9. The number of esters is 2. The fourth-order valence-corrected chi connectivity index (χ4v) is 8.01. The minimum Gasteiger partial charge on any atom is -0.462 e. The van der Waals surface area contributed by atoms with E-state index in [-0.39, 0.29) is 11.9 Å². The molecule has 0 N–H and O–H groups in total. The summed E-state index contributed by atoms with van der Waals surface area (Å²) in [4.78, 5) is 26.2. The third-order valence-electron chi connectivity index (χ3n) is 12.0. The normalized spacial score (nSPS) is 12.1. The van der Waals surface area contributed by atoms with Crippen molar-refractivity contribution in [1.82, 2.24) is 0 Å². The first kappa shape index (κ1) is 56.4. The molecule has 0 spiro atoms. The van der Waals surface area contributed by atoms with Gasteiger partial charge in [-0.1, -0.05) is 245 Å². The topological polar surface area (TPSA) is 52.6 Å². The van der Waals surface area contributed by atoms with Gasteiger partial charge in [0.1, 0.15) is 0 Å². The standard InChI is InChI=1S/C54H102O4/c1-5-9-13-17-21-27-33-39-45-51(53(55)57-49-43-37-31-23-19-15-11-7-3)47-41-35-29-25-26-30-36-42-48-52(46-40-34-28-22-18-14-10-6-2)54(56)58-50-44-38-32-24-20-16-12-8-4/h47-48H,5-46,49-50H2,1-4H3/b51-47+,52-48+. The summed E-state index contributed by atoms with van der Waals surface area (Å²) in [5, 5.41) is 0. The number of hydrogen-bond donors (Lipinski definition) is 0. The van der Waals surface area contributed by atoms with Crippen LogP contribution in [-0.4, -0.2) is 25.2 Å². The van der Waals surface area contributed by atoms with E-state index in [2.05, 4.69) is 39.8 Å². The zero-order chi connectivity index (χ0) is 42.3. The Morgan fingerprint density at radius 3 is 0.793 bits per heavy atom. The molecule has 0 aliphatic rings. The molecule has 0 bridgehead atoms. The molecule has 0 fully saturated rings. The van der Waals surface area contributed by atoms with Crippen LogP contribution in [-0.2, 0) is 19.1 Å². The van der Waals surface area contributed by atoms with Gasteiger partial charge in [-0.2, -0.15) is 0 Å². The van der Waals surface area contributed by atoms with Gasteiger partial charge < -0.3 is 9.47 Å². The molecule has 4 heteroatoms. The molecule has 0 rings (SSSR count).